The summed E-state index contributed by atoms with van der Waals surface area (Å²) >= 11 is 0. The van der Waals surface area contributed by atoms with E-state index in [1.165, 1.54) is 0 Å². The first-order chi connectivity index (χ1) is 19.5. The van der Waals surface area contributed by atoms with Crippen molar-refractivity contribution in [3.05, 3.63) is 72.1 Å². The highest BCUT2D eigenvalue weighted by Gasteiger charge is 2.20. The van der Waals surface area contributed by atoms with Gasteiger partial charge in [0.2, 0.25) is 0 Å². The zero-order valence-electron chi connectivity index (χ0n) is 24.6. The quantitative estimate of drug-likeness (QED) is 0.186. The smallest absolute Gasteiger partial charge is 0.434 e. The molecule has 8 nitrogen and oxygen atoms in total. The third kappa shape index (κ3) is 8.25. The lowest BCUT2D eigenvalue weighted by atomic mass is 9.94. The Bertz CT molecular complexity index is 1500. The van der Waals surface area contributed by atoms with Gasteiger partial charge in [-0.15, -0.1) is 24.8 Å². The lowest BCUT2D eigenvalue weighted by Crippen LogP contribution is -2.25. The number of fused-ring (bicyclic) bond motifs is 3. The summed E-state index contributed by atoms with van der Waals surface area (Å²) in [7, 11) is 0. The van der Waals surface area contributed by atoms with Crippen molar-refractivity contribution in [1.82, 2.24) is 9.47 Å². The van der Waals surface area contributed by atoms with Crippen LogP contribution >= 0.6 is 24.8 Å². The molecular weight excluding hydrogens is 575 g/mol. The third-order valence-corrected chi connectivity index (χ3v) is 6.91. The lowest BCUT2D eigenvalue weighted by molar-refractivity contribution is 0.162. The summed E-state index contributed by atoms with van der Waals surface area (Å²) in [5.74, 6) is 0. The van der Waals surface area contributed by atoms with Gasteiger partial charge in [0.1, 0.15) is 0 Å². The molecule has 2 aromatic carbocycles. The third-order valence-electron chi connectivity index (χ3n) is 6.91. The fourth-order valence-electron chi connectivity index (χ4n) is 5.04. The Kier molecular flexibility index (Phi) is 13.8. The highest BCUT2D eigenvalue weighted by molar-refractivity contribution is 6.06. The van der Waals surface area contributed by atoms with Crippen molar-refractivity contribution in [2.24, 2.45) is 4.99 Å². The molecule has 2 aromatic rings. The molecule has 1 N–H and O–H groups in total. The van der Waals surface area contributed by atoms with Crippen molar-refractivity contribution in [3.8, 4) is 22.5 Å². The van der Waals surface area contributed by atoms with Gasteiger partial charge in [-0.1, -0.05) is 56.3 Å². The molecule has 0 bridgehead atoms. The molecule has 1 aliphatic heterocycles. The fraction of sp³-hybridized carbons (Fsp3) is 0.344. The summed E-state index contributed by atoms with van der Waals surface area (Å²) in [5, 5.41) is 5.44. The number of carbonyl (C=O) groups excluding carboxylic acids is 2. The number of carbonyl (C=O) groups is 2. The number of hydrogen-bond acceptors (Lipinski definition) is 5. The van der Waals surface area contributed by atoms with E-state index in [2.05, 4.69) is 45.8 Å². The molecule has 2 amide bonds. The first kappa shape index (κ1) is 34.6. The van der Waals surface area contributed by atoms with Gasteiger partial charge in [-0.2, -0.15) is 4.99 Å². The van der Waals surface area contributed by atoms with E-state index in [1.807, 2.05) is 54.6 Å². The van der Waals surface area contributed by atoms with Crippen LogP contribution in [-0.4, -0.2) is 54.5 Å². The molecule has 0 saturated heterocycles. The van der Waals surface area contributed by atoms with Crippen LogP contribution in [0, 0.1) is 0 Å². The van der Waals surface area contributed by atoms with Crippen molar-refractivity contribution in [2.45, 2.75) is 40.7 Å². The first-order valence-corrected chi connectivity index (χ1v) is 14.0. The number of nitrogens with one attached hydrogen (secondary N) is 1. The minimum absolute atomic E-state index is 0. The minimum atomic E-state index is -0.603. The molecule has 42 heavy (non-hydrogen) atoms. The van der Waals surface area contributed by atoms with E-state index in [0.29, 0.717) is 17.7 Å². The number of halogens is 2. The van der Waals surface area contributed by atoms with Crippen molar-refractivity contribution in [3.63, 3.8) is 0 Å². The topological polar surface area (TPSA) is 85.2 Å². The Morgan fingerprint density at radius 1 is 0.857 bits per heavy atom. The molecule has 1 aliphatic carbocycles. The van der Waals surface area contributed by atoms with Crippen molar-refractivity contribution in [2.75, 3.05) is 38.2 Å². The number of amides is 2. The number of hydrogen-bond donors (Lipinski definition) is 1. The number of nitrogens with zero attached hydrogens (tertiary/aromatic N) is 3. The maximum Gasteiger partial charge on any atom is 0.434 e. The molecule has 0 atom stereocenters. The van der Waals surface area contributed by atoms with E-state index in [0.717, 1.165) is 65.9 Å². The standard InChI is InChI=1S/C32H38N4O4.2ClH/c1-5-35(6-2)19-12-20-36-29-22-25(34-32(38)40-8-4)16-18-27(29)26-17-15-24(33-31(37)39-7-3)21-28(26)30(36)23-13-10-9-11-14-23;;/h9-11,13-18,21-22H,5-8,12,19-20H2,1-4H3,(H,33,37);2*1H. The summed E-state index contributed by atoms with van der Waals surface area (Å²) in [6, 6.07) is 22.0. The maximum absolute atomic E-state index is 12.2. The Balaban J connectivity index is 0.00000308. The Hall–Kier alpha value is -3.59. The first-order valence-electron chi connectivity index (χ1n) is 14.0. The second-order valence-electron chi connectivity index (χ2n) is 9.36. The van der Waals surface area contributed by atoms with E-state index in [1.54, 1.807) is 13.8 Å². The summed E-state index contributed by atoms with van der Waals surface area (Å²) in [6.07, 6.45) is -0.151. The van der Waals surface area contributed by atoms with Crippen LogP contribution in [0.25, 0.3) is 33.3 Å². The van der Waals surface area contributed by atoms with E-state index in [9.17, 15) is 9.59 Å². The molecule has 0 unspecified atom stereocenters. The van der Waals surface area contributed by atoms with Gasteiger partial charge in [0.15, 0.2) is 0 Å². The number of aromatic nitrogens is 1. The summed E-state index contributed by atoms with van der Waals surface area (Å²) in [5.41, 5.74) is 4.75. The van der Waals surface area contributed by atoms with Gasteiger partial charge >= 0.3 is 12.2 Å². The van der Waals surface area contributed by atoms with Crippen LogP contribution in [0.4, 0.5) is 15.3 Å². The predicted octanol–water partition coefficient (Wildman–Crippen LogP) is 7.61. The minimum Gasteiger partial charge on any atom is -0.450 e. The van der Waals surface area contributed by atoms with E-state index < -0.39 is 12.2 Å². The number of anilines is 1. The number of ether oxygens (including phenoxy) is 2. The number of benzene rings is 3. The van der Waals surface area contributed by atoms with E-state index in [-0.39, 0.29) is 31.4 Å². The second-order valence-corrected chi connectivity index (χ2v) is 9.36. The van der Waals surface area contributed by atoms with Crippen LogP contribution in [0.1, 0.15) is 34.1 Å². The fourth-order valence-corrected chi connectivity index (χ4v) is 5.04. The predicted molar refractivity (Wildman–Crippen MR) is 174 cm³/mol. The van der Waals surface area contributed by atoms with Crippen LogP contribution in [0.15, 0.2) is 71.7 Å². The SMILES string of the molecule is CCOC(=O)N=c1ccc2c3ccc(NC(=O)OCC)cc3c(-c3ccccc3)n(CCCN(CC)CC)c-2c1.Cl.Cl. The number of rotatable bonds is 10. The average Bonchev–Trinajstić information content (AvgIpc) is 2.96. The van der Waals surface area contributed by atoms with Crippen LogP contribution in [0.5, 0.6) is 0 Å². The monoisotopic (exact) mass is 614 g/mol. The molecule has 0 spiro atoms. The molecule has 10 heteroatoms. The van der Waals surface area contributed by atoms with Crippen LogP contribution in [0.3, 0.4) is 0 Å². The van der Waals surface area contributed by atoms with Crippen LogP contribution < -0.4 is 10.7 Å². The van der Waals surface area contributed by atoms with Gasteiger partial charge in [-0.25, -0.2) is 9.59 Å². The van der Waals surface area contributed by atoms with E-state index in [4.69, 9.17) is 9.47 Å². The number of pyridine rings is 1. The van der Waals surface area contributed by atoms with Crippen molar-refractivity contribution in [1.29, 1.82) is 0 Å². The molecular formula is C32H40Cl2N4O4. The van der Waals surface area contributed by atoms with Gasteiger partial charge in [0.25, 0.3) is 0 Å². The molecule has 1 heterocycles. The van der Waals surface area contributed by atoms with Crippen molar-refractivity contribution >= 4 is 53.5 Å². The van der Waals surface area contributed by atoms with E-state index >= 15 is 0 Å². The Labute approximate surface area is 259 Å². The molecule has 226 valence electrons. The Morgan fingerprint density at radius 2 is 1.57 bits per heavy atom. The van der Waals surface area contributed by atoms with Gasteiger partial charge in [0, 0.05) is 23.2 Å². The van der Waals surface area contributed by atoms with Gasteiger partial charge < -0.3 is 18.9 Å². The normalized spacial score (nSPS) is 11.2. The van der Waals surface area contributed by atoms with Crippen molar-refractivity contribution < 1.29 is 19.1 Å². The molecule has 0 aromatic heterocycles. The molecule has 2 aliphatic rings. The maximum atomic E-state index is 12.2. The lowest BCUT2D eigenvalue weighted by Gasteiger charge is -2.26. The van der Waals surface area contributed by atoms with Gasteiger partial charge in [-0.3, -0.25) is 5.32 Å². The second kappa shape index (κ2) is 16.8. The highest BCUT2D eigenvalue weighted by Crippen LogP contribution is 2.39. The zero-order chi connectivity index (χ0) is 28.5. The molecule has 4 rings (SSSR count). The van der Waals surface area contributed by atoms with Crippen LogP contribution in [-0.2, 0) is 16.0 Å². The molecule has 0 saturated carbocycles. The summed E-state index contributed by atoms with van der Waals surface area (Å²) in [6.45, 7) is 12.2. The zero-order valence-corrected chi connectivity index (χ0v) is 26.2. The van der Waals surface area contributed by atoms with Gasteiger partial charge in [-0.05, 0) is 75.1 Å². The Morgan fingerprint density at radius 3 is 2.24 bits per heavy atom. The highest BCUT2D eigenvalue weighted by atomic mass is 35.5. The summed E-state index contributed by atoms with van der Waals surface area (Å²) < 4.78 is 12.5. The summed E-state index contributed by atoms with van der Waals surface area (Å²) in [4.78, 5) is 31.0. The largest absolute Gasteiger partial charge is 0.450 e. The van der Waals surface area contributed by atoms with Crippen LogP contribution in [0.2, 0.25) is 0 Å². The average molecular weight is 616 g/mol. The molecule has 0 radical (unpaired) electrons. The molecule has 0 fully saturated rings. The van der Waals surface area contributed by atoms with Gasteiger partial charge in [0.05, 0.1) is 30.0 Å².